The van der Waals surface area contributed by atoms with Crippen LogP contribution in [0.5, 0.6) is 0 Å². The topological polar surface area (TPSA) is 69.4 Å². The average Bonchev–Trinajstić information content (AvgIpc) is 2.46. The SMILES string of the molecule is Cc1cc(C(=O)O[C@H]2C[C@@H](C)CC[C@@H]2C(C)C)ccc1[N+](=O)[O-]. The summed E-state index contributed by atoms with van der Waals surface area (Å²) < 4.78 is 5.77. The molecule has 0 N–H and O–H groups in total. The summed E-state index contributed by atoms with van der Waals surface area (Å²) in [7, 11) is 0. The number of carbonyl (C=O) groups is 1. The molecule has 0 aromatic heterocycles. The van der Waals surface area contributed by atoms with E-state index in [-0.39, 0.29) is 17.8 Å². The Morgan fingerprint density at radius 2 is 2.04 bits per heavy atom. The van der Waals surface area contributed by atoms with E-state index in [1.54, 1.807) is 6.92 Å². The summed E-state index contributed by atoms with van der Waals surface area (Å²) in [5, 5.41) is 10.9. The smallest absolute Gasteiger partial charge is 0.338 e. The molecule has 0 radical (unpaired) electrons. The van der Waals surface area contributed by atoms with Crippen LogP contribution in [0.25, 0.3) is 0 Å². The highest BCUT2D eigenvalue weighted by Crippen LogP contribution is 2.35. The average molecular weight is 319 g/mol. The van der Waals surface area contributed by atoms with Crippen molar-refractivity contribution in [2.75, 3.05) is 0 Å². The number of aryl methyl sites for hydroxylation is 1. The second kappa shape index (κ2) is 7.11. The summed E-state index contributed by atoms with van der Waals surface area (Å²) in [6.07, 6.45) is 3.08. The van der Waals surface area contributed by atoms with Crippen molar-refractivity contribution in [3.05, 3.63) is 39.4 Å². The highest BCUT2D eigenvalue weighted by Gasteiger charge is 2.33. The number of ether oxygens (including phenoxy) is 1. The predicted octanol–water partition coefficient (Wildman–Crippen LogP) is 4.52. The van der Waals surface area contributed by atoms with Gasteiger partial charge in [0.25, 0.3) is 5.69 Å². The molecule has 1 saturated carbocycles. The van der Waals surface area contributed by atoms with Crippen molar-refractivity contribution in [3.63, 3.8) is 0 Å². The van der Waals surface area contributed by atoms with Crippen LogP contribution in [0.15, 0.2) is 18.2 Å². The Balaban J connectivity index is 2.13. The Morgan fingerprint density at radius 3 is 2.61 bits per heavy atom. The van der Waals surface area contributed by atoms with Crippen LogP contribution in [0.1, 0.15) is 56.0 Å². The number of esters is 1. The molecule has 0 saturated heterocycles. The fraction of sp³-hybridized carbons (Fsp3) is 0.611. The normalized spacial score (nSPS) is 24.5. The van der Waals surface area contributed by atoms with E-state index in [1.165, 1.54) is 24.6 Å². The standard InChI is InChI=1S/C18H25NO4/c1-11(2)15-7-5-12(3)9-17(15)23-18(20)14-6-8-16(19(21)22)13(4)10-14/h6,8,10-12,15,17H,5,7,9H2,1-4H3/t12-,15+,17-/m0/s1. The lowest BCUT2D eigenvalue weighted by atomic mass is 9.75. The first kappa shape index (κ1) is 17.4. The van der Waals surface area contributed by atoms with Gasteiger partial charge in [0.15, 0.2) is 0 Å². The van der Waals surface area contributed by atoms with E-state index in [4.69, 9.17) is 4.74 Å². The van der Waals surface area contributed by atoms with Gasteiger partial charge >= 0.3 is 5.97 Å². The third-order valence-electron chi connectivity index (χ3n) is 4.85. The molecule has 1 aliphatic carbocycles. The van der Waals surface area contributed by atoms with E-state index in [0.29, 0.717) is 28.9 Å². The van der Waals surface area contributed by atoms with Crippen molar-refractivity contribution in [1.29, 1.82) is 0 Å². The van der Waals surface area contributed by atoms with Crippen molar-refractivity contribution >= 4 is 11.7 Å². The molecule has 1 aromatic rings. The highest BCUT2D eigenvalue weighted by atomic mass is 16.6. The maximum Gasteiger partial charge on any atom is 0.338 e. The summed E-state index contributed by atoms with van der Waals surface area (Å²) >= 11 is 0. The van der Waals surface area contributed by atoms with Gasteiger partial charge in [-0.15, -0.1) is 0 Å². The third kappa shape index (κ3) is 4.09. The molecule has 2 rings (SSSR count). The van der Waals surface area contributed by atoms with Crippen molar-refractivity contribution < 1.29 is 14.5 Å². The lowest BCUT2D eigenvalue weighted by molar-refractivity contribution is -0.385. The van der Waals surface area contributed by atoms with Crippen LogP contribution in [-0.2, 0) is 4.74 Å². The molecule has 1 aromatic carbocycles. The van der Waals surface area contributed by atoms with Crippen molar-refractivity contribution in [1.82, 2.24) is 0 Å². The fourth-order valence-electron chi connectivity index (χ4n) is 3.44. The molecule has 0 amide bonds. The molecular weight excluding hydrogens is 294 g/mol. The fourth-order valence-corrected chi connectivity index (χ4v) is 3.44. The van der Waals surface area contributed by atoms with Crippen LogP contribution in [0, 0.1) is 34.8 Å². The van der Waals surface area contributed by atoms with E-state index >= 15 is 0 Å². The Hall–Kier alpha value is -1.91. The zero-order chi connectivity index (χ0) is 17.1. The van der Waals surface area contributed by atoms with Gasteiger partial charge in [0, 0.05) is 11.6 Å². The maximum absolute atomic E-state index is 12.4. The molecule has 126 valence electrons. The predicted molar refractivity (Wildman–Crippen MR) is 88.4 cm³/mol. The largest absolute Gasteiger partial charge is 0.458 e. The van der Waals surface area contributed by atoms with Gasteiger partial charge in [-0.1, -0.05) is 27.2 Å². The van der Waals surface area contributed by atoms with Gasteiger partial charge in [0.05, 0.1) is 10.5 Å². The first-order valence-corrected chi connectivity index (χ1v) is 8.25. The number of nitro benzene ring substituents is 1. The molecule has 0 aliphatic heterocycles. The molecule has 0 bridgehead atoms. The Morgan fingerprint density at radius 1 is 1.35 bits per heavy atom. The van der Waals surface area contributed by atoms with Crippen LogP contribution in [0.2, 0.25) is 0 Å². The summed E-state index contributed by atoms with van der Waals surface area (Å²) in [5.74, 6) is 1.03. The molecule has 1 fully saturated rings. The number of nitrogens with zero attached hydrogens (tertiary/aromatic N) is 1. The first-order valence-electron chi connectivity index (χ1n) is 8.25. The van der Waals surface area contributed by atoms with Gasteiger partial charge in [-0.05, 0) is 49.7 Å². The van der Waals surface area contributed by atoms with E-state index < -0.39 is 4.92 Å². The molecule has 1 aliphatic rings. The van der Waals surface area contributed by atoms with Crippen LogP contribution in [0.4, 0.5) is 5.69 Å². The summed E-state index contributed by atoms with van der Waals surface area (Å²) in [6, 6.07) is 4.39. The minimum absolute atomic E-state index is 0.0212. The summed E-state index contributed by atoms with van der Waals surface area (Å²) in [6.45, 7) is 8.15. The second-order valence-corrected chi connectivity index (χ2v) is 7.03. The van der Waals surface area contributed by atoms with Crippen LogP contribution >= 0.6 is 0 Å². The number of benzene rings is 1. The van der Waals surface area contributed by atoms with Gasteiger partial charge in [0.1, 0.15) is 6.10 Å². The zero-order valence-electron chi connectivity index (χ0n) is 14.2. The van der Waals surface area contributed by atoms with E-state index in [0.717, 1.165) is 12.8 Å². The van der Waals surface area contributed by atoms with Crippen LogP contribution in [0.3, 0.4) is 0 Å². The first-order chi connectivity index (χ1) is 10.8. The maximum atomic E-state index is 12.4. The quantitative estimate of drug-likeness (QED) is 0.465. The Kier molecular flexibility index (Phi) is 5.39. The number of nitro groups is 1. The molecular formula is C18H25NO4. The van der Waals surface area contributed by atoms with Gasteiger partial charge in [-0.3, -0.25) is 10.1 Å². The number of hydrogen-bond donors (Lipinski definition) is 0. The number of rotatable bonds is 4. The van der Waals surface area contributed by atoms with Gasteiger partial charge in [-0.25, -0.2) is 4.79 Å². The second-order valence-electron chi connectivity index (χ2n) is 7.03. The van der Waals surface area contributed by atoms with E-state index in [2.05, 4.69) is 20.8 Å². The van der Waals surface area contributed by atoms with Gasteiger partial charge in [-0.2, -0.15) is 0 Å². The molecule has 0 spiro atoms. The van der Waals surface area contributed by atoms with Crippen molar-refractivity contribution in [3.8, 4) is 0 Å². The Bertz CT molecular complexity index is 597. The number of hydrogen-bond acceptors (Lipinski definition) is 4. The van der Waals surface area contributed by atoms with E-state index in [9.17, 15) is 14.9 Å². The third-order valence-corrected chi connectivity index (χ3v) is 4.85. The molecule has 0 heterocycles. The van der Waals surface area contributed by atoms with Gasteiger partial charge in [0.2, 0.25) is 0 Å². The molecule has 3 atom stereocenters. The summed E-state index contributed by atoms with van der Waals surface area (Å²) in [4.78, 5) is 22.8. The van der Waals surface area contributed by atoms with Gasteiger partial charge < -0.3 is 4.74 Å². The zero-order valence-corrected chi connectivity index (χ0v) is 14.2. The monoisotopic (exact) mass is 319 g/mol. The highest BCUT2D eigenvalue weighted by molar-refractivity contribution is 5.90. The number of carbonyl (C=O) groups excluding carboxylic acids is 1. The molecule has 0 unspecified atom stereocenters. The lowest BCUT2D eigenvalue weighted by Crippen LogP contribution is -2.35. The summed E-state index contributed by atoms with van der Waals surface area (Å²) in [5.41, 5.74) is 0.878. The molecule has 5 heteroatoms. The molecule has 23 heavy (non-hydrogen) atoms. The van der Waals surface area contributed by atoms with Crippen LogP contribution in [-0.4, -0.2) is 17.0 Å². The van der Waals surface area contributed by atoms with Crippen molar-refractivity contribution in [2.45, 2.75) is 53.1 Å². The van der Waals surface area contributed by atoms with Crippen LogP contribution < -0.4 is 0 Å². The minimum Gasteiger partial charge on any atom is -0.458 e. The molecule has 5 nitrogen and oxygen atoms in total. The van der Waals surface area contributed by atoms with E-state index in [1.807, 2.05) is 0 Å². The van der Waals surface area contributed by atoms with Crippen molar-refractivity contribution in [2.24, 2.45) is 17.8 Å². The Labute approximate surface area is 137 Å². The minimum atomic E-state index is -0.442. The lowest BCUT2D eigenvalue weighted by Gasteiger charge is -2.36.